The number of carbonyl (C=O) groups excluding carboxylic acids is 1. The molecule has 3 nitrogen and oxygen atoms in total. The molecule has 1 amide bonds. The van der Waals surface area contributed by atoms with E-state index in [1.165, 1.54) is 11.3 Å². The van der Waals surface area contributed by atoms with Gasteiger partial charge in [0.2, 0.25) is 0 Å². The van der Waals surface area contributed by atoms with Crippen LogP contribution in [-0.2, 0) is 0 Å². The Balaban J connectivity index is 2.31. The molecule has 2 rings (SSSR count). The van der Waals surface area contributed by atoms with Crippen LogP contribution in [0.25, 0.3) is 10.1 Å². The van der Waals surface area contributed by atoms with Gasteiger partial charge in [0.15, 0.2) is 0 Å². The van der Waals surface area contributed by atoms with Crippen LogP contribution in [0.15, 0.2) is 22.7 Å². The van der Waals surface area contributed by atoms with Crippen molar-refractivity contribution in [3.63, 3.8) is 0 Å². The largest absolute Gasteiger partial charge is 0.397 e. The summed E-state index contributed by atoms with van der Waals surface area (Å²) < 4.78 is 1.93. The number of carbonyl (C=O) groups is 1. The first-order valence-electron chi connectivity index (χ1n) is 6.31. The third-order valence-corrected chi connectivity index (χ3v) is 4.66. The van der Waals surface area contributed by atoms with Crippen LogP contribution in [0.2, 0.25) is 0 Å². The number of halogens is 1. The van der Waals surface area contributed by atoms with E-state index >= 15 is 0 Å². The van der Waals surface area contributed by atoms with Crippen molar-refractivity contribution in [2.45, 2.75) is 25.8 Å². The number of terminal acetylenes is 1. The SMILES string of the molecule is C#CC(CCC)NC(=O)c1sc2ccc(Br)cc2c1N. The zero-order valence-corrected chi connectivity index (χ0v) is 13.5. The van der Waals surface area contributed by atoms with Crippen LogP contribution in [0.5, 0.6) is 0 Å². The van der Waals surface area contributed by atoms with Crippen molar-refractivity contribution >= 4 is 48.9 Å². The number of hydrogen-bond acceptors (Lipinski definition) is 3. The molecular weight excluding hydrogens is 336 g/mol. The van der Waals surface area contributed by atoms with Crippen molar-refractivity contribution in [3.05, 3.63) is 27.5 Å². The molecule has 3 N–H and O–H groups in total. The maximum Gasteiger partial charge on any atom is 0.264 e. The smallest absolute Gasteiger partial charge is 0.264 e. The van der Waals surface area contributed by atoms with Crippen molar-refractivity contribution in [1.82, 2.24) is 5.32 Å². The monoisotopic (exact) mass is 350 g/mol. The van der Waals surface area contributed by atoms with E-state index in [-0.39, 0.29) is 11.9 Å². The summed E-state index contributed by atoms with van der Waals surface area (Å²) in [5.74, 6) is 2.39. The normalized spacial score (nSPS) is 12.1. The van der Waals surface area contributed by atoms with E-state index in [1.54, 1.807) is 0 Å². The van der Waals surface area contributed by atoms with Gasteiger partial charge in [-0.1, -0.05) is 35.2 Å². The van der Waals surface area contributed by atoms with Crippen LogP contribution in [0.1, 0.15) is 29.4 Å². The van der Waals surface area contributed by atoms with E-state index in [0.717, 1.165) is 27.4 Å². The molecule has 0 fully saturated rings. The fraction of sp³-hybridized carbons (Fsp3) is 0.267. The highest BCUT2D eigenvalue weighted by atomic mass is 79.9. The highest BCUT2D eigenvalue weighted by Crippen LogP contribution is 2.35. The van der Waals surface area contributed by atoms with Gasteiger partial charge in [-0.05, 0) is 24.6 Å². The van der Waals surface area contributed by atoms with Crippen LogP contribution in [0, 0.1) is 12.3 Å². The molecule has 1 aromatic carbocycles. The molecule has 0 aliphatic carbocycles. The molecule has 0 aliphatic heterocycles. The van der Waals surface area contributed by atoms with Gasteiger partial charge in [0, 0.05) is 14.6 Å². The first-order chi connectivity index (χ1) is 9.56. The zero-order valence-electron chi connectivity index (χ0n) is 11.1. The minimum atomic E-state index is -0.246. The van der Waals surface area contributed by atoms with E-state index in [4.69, 9.17) is 12.2 Å². The predicted octanol–water partition coefficient (Wildman–Crippen LogP) is 3.78. The van der Waals surface area contributed by atoms with Crippen LogP contribution in [0.4, 0.5) is 5.69 Å². The van der Waals surface area contributed by atoms with Crippen molar-refractivity contribution in [3.8, 4) is 12.3 Å². The van der Waals surface area contributed by atoms with Crippen molar-refractivity contribution < 1.29 is 4.79 Å². The third-order valence-electron chi connectivity index (χ3n) is 2.98. The van der Waals surface area contributed by atoms with E-state index in [0.29, 0.717) is 10.6 Å². The Labute approximate surface area is 130 Å². The summed E-state index contributed by atoms with van der Waals surface area (Å²) in [5.41, 5.74) is 6.59. The van der Waals surface area contributed by atoms with E-state index < -0.39 is 0 Å². The number of thiophene rings is 1. The second kappa shape index (κ2) is 6.29. The average molecular weight is 351 g/mol. The Morgan fingerprint density at radius 1 is 1.60 bits per heavy atom. The molecule has 1 heterocycles. The van der Waals surface area contributed by atoms with Gasteiger partial charge in [0.05, 0.1) is 11.7 Å². The summed E-state index contributed by atoms with van der Waals surface area (Å²) in [6.07, 6.45) is 7.10. The number of hydrogen-bond donors (Lipinski definition) is 2. The molecule has 0 saturated carbocycles. The van der Waals surface area contributed by atoms with Gasteiger partial charge >= 0.3 is 0 Å². The van der Waals surface area contributed by atoms with Gasteiger partial charge in [-0.15, -0.1) is 17.8 Å². The van der Waals surface area contributed by atoms with E-state index in [9.17, 15) is 4.79 Å². The molecule has 104 valence electrons. The number of nitrogen functional groups attached to an aromatic ring is 1. The Morgan fingerprint density at radius 2 is 2.35 bits per heavy atom. The van der Waals surface area contributed by atoms with Gasteiger partial charge in [-0.3, -0.25) is 4.79 Å². The molecular formula is C15H15BrN2OS. The quantitative estimate of drug-likeness (QED) is 0.824. The first kappa shape index (κ1) is 14.9. The first-order valence-corrected chi connectivity index (χ1v) is 7.92. The fourth-order valence-corrected chi connectivity index (χ4v) is 3.33. The number of nitrogens with two attached hydrogens (primary N) is 1. The second-order valence-corrected chi connectivity index (χ2v) is 6.43. The van der Waals surface area contributed by atoms with Crippen molar-refractivity contribution in [2.24, 2.45) is 0 Å². The molecule has 0 spiro atoms. The van der Waals surface area contributed by atoms with Gasteiger partial charge in [0.25, 0.3) is 5.91 Å². The minimum Gasteiger partial charge on any atom is -0.397 e. The summed E-state index contributed by atoms with van der Waals surface area (Å²) >= 11 is 4.79. The number of benzene rings is 1. The van der Waals surface area contributed by atoms with E-state index in [2.05, 4.69) is 27.2 Å². The minimum absolute atomic E-state index is 0.198. The molecule has 0 saturated heterocycles. The Hall–Kier alpha value is -1.51. The summed E-state index contributed by atoms with van der Waals surface area (Å²) in [6, 6.07) is 5.55. The third kappa shape index (κ3) is 2.97. The van der Waals surface area contributed by atoms with Gasteiger partial charge < -0.3 is 11.1 Å². The Morgan fingerprint density at radius 3 is 3.00 bits per heavy atom. The molecule has 5 heteroatoms. The van der Waals surface area contributed by atoms with Gasteiger partial charge in [0.1, 0.15) is 4.88 Å². The number of nitrogens with one attached hydrogen (secondary N) is 1. The van der Waals surface area contributed by atoms with Gasteiger partial charge in [-0.2, -0.15) is 0 Å². The zero-order chi connectivity index (χ0) is 14.7. The average Bonchev–Trinajstić information content (AvgIpc) is 2.75. The molecule has 2 aromatic rings. The highest BCUT2D eigenvalue weighted by molar-refractivity contribution is 9.10. The van der Waals surface area contributed by atoms with Gasteiger partial charge in [-0.25, -0.2) is 0 Å². The van der Waals surface area contributed by atoms with Crippen molar-refractivity contribution in [1.29, 1.82) is 0 Å². The molecule has 1 aromatic heterocycles. The van der Waals surface area contributed by atoms with Crippen LogP contribution < -0.4 is 11.1 Å². The molecule has 1 unspecified atom stereocenters. The maximum absolute atomic E-state index is 12.3. The van der Waals surface area contributed by atoms with Crippen molar-refractivity contribution in [2.75, 3.05) is 5.73 Å². The molecule has 20 heavy (non-hydrogen) atoms. The second-order valence-electron chi connectivity index (χ2n) is 4.47. The summed E-state index contributed by atoms with van der Waals surface area (Å²) in [6.45, 7) is 2.03. The lowest BCUT2D eigenvalue weighted by molar-refractivity contribution is 0.0949. The highest BCUT2D eigenvalue weighted by Gasteiger charge is 2.18. The molecule has 0 aliphatic rings. The van der Waals surface area contributed by atoms with Crippen LogP contribution in [-0.4, -0.2) is 11.9 Å². The lowest BCUT2D eigenvalue weighted by atomic mass is 10.1. The fourth-order valence-electron chi connectivity index (χ4n) is 1.97. The van der Waals surface area contributed by atoms with Crippen LogP contribution >= 0.6 is 27.3 Å². The number of amides is 1. The molecule has 0 radical (unpaired) electrons. The molecule has 1 atom stereocenters. The molecule has 0 bridgehead atoms. The summed E-state index contributed by atoms with van der Waals surface area (Å²) in [4.78, 5) is 12.8. The summed E-state index contributed by atoms with van der Waals surface area (Å²) in [5, 5.41) is 3.73. The number of fused-ring (bicyclic) bond motifs is 1. The number of anilines is 1. The lowest BCUT2D eigenvalue weighted by Crippen LogP contribution is -2.33. The standard InChI is InChI=1S/C15H15BrN2OS/c1-3-5-10(4-2)18-15(19)14-13(17)11-8-9(16)6-7-12(11)20-14/h2,6-8,10H,3,5,17H2,1H3,(H,18,19). The topological polar surface area (TPSA) is 55.1 Å². The number of rotatable bonds is 4. The van der Waals surface area contributed by atoms with Crippen LogP contribution in [0.3, 0.4) is 0 Å². The maximum atomic E-state index is 12.3. The Kier molecular flexibility index (Phi) is 4.69. The Bertz CT molecular complexity index is 687. The lowest BCUT2D eigenvalue weighted by Gasteiger charge is -2.11. The van der Waals surface area contributed by atoms with E-state index in [1.807, 2.05) is 25.1 Å². The predicted molar refractivity (Wildman–Crippen MR) is 88.9 cm³/mol. The summed E-state index contributed by atoms with van der Waals surface area (Å²) in [7, 11) is 0.